The highest BCUT2D eigenvalue weighted by Gasteiger charge is 2.30. The predicted octanol–water partition coefficient (Wildman–Crippen LogP) is 3.28. The molecule has 1 aliphatic rings. The normalized spacial score (nSPS) is 17.1. The number of carbonyl (C=O) groups excluding carboxylic acids is 2. The third-order valence-electron chi connectivity index (χ3n) is 4.98. The number of ether oxygens (including phenoxy) is 3. The Morgan fingerprint density at radius 3 is 2.39 bits per heavy atom. The largest absolute Gasteiger partial charge is 0.493 e. The number of nitrogens with one attached hydrogen (secondary N) is 2. The zero-order valence-electron chi connectivity index (χ0n) is 19.1. The second-order valence-corrected chi connectivity index (χ2v) is 8.45. The smallest absolute Gasteiger partial charge is 0.238 e. The number of hydrogen-bond donors (Lipinski definition) is 2. The van der Waals surface area contributed by atoms with Crippen LogP contribution >= 0.6 is 11.8 Å². The highest BCUT2D eigenvalue weighted by atomic mass is 32.2. The standard InChI is InChI=1S/C23H26N4O5S/c1-13-6-7-16(8-14(13)2)25-22(29)19-11-20(28)26-23(33-19)27-24-12-15-9-17(30-3)21(32-5)18(10-15)31-4/h6-10,12,19H,11H2,1-5H3,(H,25,29)(H,26,27,28). The molecule has 0 radical (unpaired) electrons. The van der Waals surface area contributed by atoms with Gasteiger partial charge in [0.05, 0.1) is 27.5 Å². The number of rotatable bonds is 7. The van der Waals surface area contributed by atoms with Crippen LogP contribution < -0.4 is 24.8 Å². The highest BCUT2D eigenvalue weighted by Crippen LogP contribution is 2.37. The average molecular weight is 471 g/mol. The summed E-state index contributed by atoms with van der Waals surface area (Å²) in [5.41, 5.74) is 3.56. The van der Waals surface area contributed by atoms with E-state index in [1.54, 1.807) is 12.1 Å². The van der Waals surface area contributed by atoms with Crippen molar-refractivity contribution in [3.63, 3.8) is 0 Å². The van der Waals surface area contributed by atoms with Crippen LogP contribution in [0.5, 0.6) is 17.2 Å². The van der Waals surface area contributed by atoms with Gasteiger partial charge in [0.25, 0.3) is 0 Å². The molecule has 1 atom stereocenters. The third kappa shape index (κ3) is 6.04. The molecule has 2 N–H and O–H groups in total. The van der Waals surface area contributed by atoms with Crippen LogP contribution in [0.2, 0.25) is 0 Å². The van der Waals surface area contributed by atoms with Crippen molar-refractivity contribution in [3.05, 3.63) is 47.0 Å². The fourth-order valence-electron chi connectivity index (χ4n) is 3.11. The predicted molar refractivity (Wildman–Crippen MR) is 130 cm³/mol. The van der Waals surface area contributed by atoms with Gasteiger partial charge in [-0.2, -0.15) is 5.10 Å². The number of aryl methyl sites for hydroxylation is 2. The van der Waals surface area contributed by atoms with Crippen LogP contribution in [0.3, 0.4) is 0 Å². The lowest BCUT2D eigenvalue weighted by atomic mass is 10.1. The Bertz CT molecular complexity index is 1090. The lowest BCUT2D eigenvalue weighted by Crippen LogP contribution is -2.41. The van der Waals surface area contributed by atoms with Gasteiger partial charge in [0.1, 0.15) is 5.25 Å². The Kier molecular flexibility index (Phi) is 7.94. The minimum Gasteiger partial charge on any atom is -0.493 e. The molecule has 33 heavy (non-hydrogen) atoms. The second kappa shape index (κ2) is 10.9. The van der Waals surface area contributed by atoms with Crippen LogP contribution in [0.1, 0.15) is 23.1 Å². The van der Waals surface area contributed by atoms with Crippen molar-refractivity contribution < 1.29 is 23.8 Å². The summed E-state index contributed by atoms with van der Waals surface area (Å²) in [4.78, 5) is 24.8. The van der Waals surface area contributed by atoms with E-state index in [-0.39, 0.29) is 23.4 Å². The molecule has 10 heteroatoms. The number of hydrogen-bond acceptors (Lipinski definition) is 8. The molecule has 0 aliphatic carbocycles. The first-order valence-corrected chi connectivity index (χ1v) is 11.0. The van der Waals surface area contributed by atoms with E-state index in [9.17, 15) is 9.59 Å². The minimum absolute atomic E-state index is 0.0525. The fraction of sp³-hybridized carbons (Fsp3) is 0.304. The Hall–Kier alpha value is -3.53. The van der Waals surface area contributed by atoms with E-state index in [0.29, 0.717) is 28.5 Å². The number of benzene rings is 2. The van der Waals surface area contributed by atoms with Crippen molar-refractivity contribution in [3.8, 4) is 17.2 Å². The Morgan fingerprint density at radius 2 is 1.79 bits per heavy atom. The van der Waals surface area contributed by atoms with E-state index in [0.717, 1.165) is 22.9 Å². The van der Waals surface area contributed by atoms with E-state index in [4.69, 9.17) is 14.2 Å². The molecule has 2 aromatic rings. The van der Waals surface area contributed by atoms with E-state index in [1.807, 2.05) is 32.0 Å². The van der Waals surface area contributed by atoms with Crippen LogP contribution in [-0.2, 0) is 9.59 Å². The maximum Gasteiger partial charge on any atom is 0.238 e. The molecule has 2 aromatic carbocycles. The molecule has 1 saturated heterocycles. The van der Waals surface area contributed by atoms with Gasteiger partial charge in [-0.15, -0.1) is 5.10 Å². The number of carbonyl (C=O) groups is 2. The van der Waals surface area contributed by atoms with Gasteiger partial charge < -0.3 is 24.8 Å². The first kappa shape index (κ1) is 24.1. The molecule has 0 spiro atoms. The molecule has 174 valence electrons. The van der Waals surface area contributed by atoms with Gasteiger partial charge in [-0.05, 0) is 49.2 Å². The molecule has 9 nitrogen and oxygen atoms in total. The summed E-state index contributed by atoms with van der Waals surface area (Å²) in [6.45, 7) is 3.98. The molecule has 1 unspecified atom stereocenters. The lowest BCUT2D eigenvalue weighted by Gasteiger charge is -2.21. The average Bonchev–Trinajstić information content (AvgIpc) is 2.80. The number of thioether (sulfide) groups is 1. The Morgan fingerprint density at radius 1 is 1.09 bits per heavy atom. The van der Waals surface area contributed by atoms with Crippen LogP contribution in [0.15, 0.2) is 40.5 Å². The van der Waals surface area contributed by atoms with E-state index in [1.165, 1.54) is 27.5 Å². The van der Waals surface area contributed by atoms with Crippen LogP contribution in [0.25, 0.3) is 0 Å². The van der Waals surface area contributed by atoms with E-state index < -0.39 is 5.25 Å². The van der Waals surface area contributed by atoms with Gasteiger partial charge >= 0.3 is 0 Å². The van der Waals surface area contributed by atoms with Crippen LogP contribution in [0.4, 0.5) is 5.69 Å². The topological polar surface area (TPSA) is 111 Å². The highest BCUT2D eigenvalue weighted by molar-refractivity contribution is 8.15. The summed E-state index contributed by atoms with van der Waals surface area (Å²) in [6, 6.07) is 9.12. The maximum atomic E-state index is 12.7. The first-order valence-electron chi connectivity index (χ1n) is 10.1. The third-order valence-corrected chi connectivity index (χ3v) is 6.05. The zero-order chi connectivity index (χ0) is 24.0. The molecule has 0 bridgehead atoms. The quantitative estimate of drug-likeness (QED) is 0.475. The summed E-state index contributed by atoms with van der Waals surface area (Å²) >= 11 is 1.15. The summed E-state index contributed by atoms with van der Waals surface area (Å²) < 4.78 is 16.0. The van der Waals surface area contributed by atoms with Crippen molar-refractivity contribution >= 4 is 40.6 Å². The van der Waals surface area contributed by atoms with Gasteiger partial charge in [0, 0.05) is 17.7 Å². The summed E-state index contributed by atoms with van der Waals surface area (Å²) in [5.74, 6) is 0.870. The molecule has 1 heterocycles. The van der Waals surface area contributed by atoms with Crippen LogP contribution in [0, 0.1) is 13.8 Å². The van der Waals surface area contributed by atoms with Crippen molar-refractivity contribution in [2.75, 3.05) is 26.6 Å². The molecule has 1 aliphatic heterocycles. The molecule has 3 rings (SSSR count). The summed E-state index contributed by atoms with van der Waals surface area (Å²) in [6.07, 6.45) is 1.54. The van der Waals surface area contributed by atoms with Crippen LogP contribution in [-0.4, -0.2) is 49.8 Å². The Balaban J connectivity index is 1.72. The van der Waals surface area contributed by atoms with Crippen molar-refractivity contribution in [1.82, 2.24) is 5.32 Å². The van der Waals surface area contributed by atoms with Gasteiger partial charge in [-0.25, -0.2) is 0 Å². The first-order chi connectivity index (χ1) is 15.8. The molecular weight excluding hydrogens is 444 g/mol. The van der Waals surface area contributed by atoms with E-state index in [2.05, 4.69) is 20.8 Å². The number of amides is 2. The number of amidine groups is 1. The number of methoxy groups -OCH3 is 3. The van der Waals surface area contributed by atoms with Crippen molar-refractivity contribution in [2.24, 2.45) is 10.2 Å². The minimum atomic E-state index is -0.615. The molecule has 0 aromatic heterocycles. The maximum absolute atomic E-state index is 12.7. The number of anilines is 1. The monoisotopic (exact) mass is 470 g/mol. The zero-order valence-corrected chi connectivity index (χ0v) is 19.9. The van der Waals surface area contributed by atoms with Gasteiger partial charge in [-0.1, -0.05) is 17.8 Å². The Labute approximate surface area is 196 Å². The van der Waals surface area contributed by atoms with Crippen molar-refractivity contribution in [1.29, 1.82) is 0 Å². The molecular formula is C23H26N4O5S. The SMILES string of the molecule is COc1cc(C=N/N=C2\NC(=O)CC(C(=O)Nc3ccc(C)c(C)c3)S2)cc(OC)c1OC. The molecule has 1 fully saturated rings. The van der Waals surface area contributed by atoms with Gasteiger partial charge in [-0.3, -0.25) is 9.59 Å². The molecule has 2 amide bonds. The van der Waals surface area contributed by atoms with E-state index >= 15 is 0 Å². The molecule has 0 saturated carbocycles. The van der Waals surface area contributed by atoms with Gasteiger partial charge in [0.15, 0.2) is 16.7 Å². The lowest BCUT2D eigenvalue weighted by molar-refractivity contribution is -0.123. The fourth-order valence-corrected chi connectivity index (χ4v) is 4.04. The summed E-state index contributed by atoms with van der Waals surface area (Å²) in [7, 11) is 4.57. The second-order valence-electron chi connectivity index (χ2n) is 7.26. The number of nitrogens with zero attached hydrogens (tertiary/aromatic N) is 2. The summed E-state index contributed by atoms with van der Waals surface area (Å²) in [5, 5.41) is 13.3. The van der Waals surface area contributed by atoms with Gasteiger partial charge in [0.2, 0.25) is 17.6 Å². The van der Waals surface area contributed by atoms with Crippen molar-refractivity contribution in [2.45, 2.75) is 25.5 Å².